The van der Waals surface area contributed by atoms with Gasteiger partial charge in [-0.1, -0.05) is 64.8 Å². The number of aryl methyl sites for hydroxylation is 2. The Kier molecular flexibility index (Phi) is 6.75. The predicted molar refractivity (Wildman–Crippen MR) is 144 cm³/mol. The molecule has 0 saturated heterocycles. The fraction of sp³-hybridized carbons (Fsp3) is 0.0909. The van der Waals surface area contributed by atoms with Gasteiger partial charge in [0.05, 0.1) is 0 Å². The second-order valence-corrected chi connectivity index (χ2v) is 10.0. The summed E-state index contributed by atoms with van der Waals surface area (Å²) in [6, 6.07) is 34.5. The zero-order valence-corrected chi connectivity index (χ0v) is 22.1. The van der Waals surface area contributed by atoms with Crippen LogP contribution in [0.25, 0.3) is 27.1 Å². The van der Waals surface area contributed by atoms with Crippen LogP contribution < -0.4 is 0 Å². The Bertz CT molecular complexity index is 1490. The summed E-state index contributed by atoms with van der Waals surface area (Å²) < 4.78 is 1.42. The summed E-state index contributed by atoms with van der Waals surface area (Å²) in [6.45, 7) is 4.47. The van der Waals surface area contributed by atoms with Crippen molar-refractivity contribution in [3.05, 3.63) is 143 Å². The van der Waals surface area contributed by atoms with E-state index in [1.165, 1.54) is 82.4 Å². The van der Waals surface area contributed by atoms with Gasteiger partial charge < -0.3 is 0 Å². The van der Waals surface area contributed by atoms with E-state index in [0.29, 0.717) is 0 Å². The van der Waals surface area contributed by atoms with Crippen LogP contribution in [0.3, 0.4) is 0 Å². The molecule has 0 amide bonds. The molecule has 0 fully saturated rings. The van der Waals surface area contributed by atoms with Crippen molar-refractivity contribution in [1.29, 1.82) is 0 Å². The first-order chi connectivity index (χ1) is 16.6. The molecule has 0 aromatic heterocycles. The van der Waals surface area contributed by atoms with E-state index in [-0.39, 0.29) is 0 Å². The van der Waals surface area contributed by atoms with Crippen molar-refractivity contribution in [2.24, 2.45) is 0 Å². The molecule has 0 radical (unpaired) electrons. The van der Waals surface area contributed by atoms with Gasteiger partial charge in [0, 0.05) is 0 Å². The van der Waals surface area contributed by atoms with E-state index in [1.807, 2.05) is 0 Å². The van der Waals surface area contributed by atoms with Gasteiger partial charge in [0.2, 0.25) is 0 Å². The van der Waals surface area contributed by atoms with Crippen LogP contribution in [0.2, 0.25) is 0 Å². The topological polar surface area (TPSA) is 0 Å². The average molecular weight is 515 g/mol. The van der Waals surface area contributed by atoms with E-state index < -0.39 is 0 Å². The minimum atomic E-state index is 1.05. The number of benzene rings is 4. The van der Waals surface area contributed by atoms with Crippen molar-refractivity contribution in [3.63, 3.8) is 0 Å². The summed E-state index contributed by atoms with van der Waals surface area (Å²) in [5.74, 6) is 0. The molecule has 1 aliphatic carbocycles. The van der Waals surface area contributed by atoms with Crippen LogP contribution in [0.5, 0.6) is 0 Å². The monoisotopic (exact) mass is 513 g/mol. The van der Waals surface area contributed by atoms with Crippen LogP contribution in [0.1, 0.15) is 34.2 Å². The second-order valence-electron chi connectivity index (χ2n) is 8.82. The van der Waals surface area contributed by atoms with Gasteiger partial charge in [-0.25, -0.2) is 0 Å². The van der Waals surface area contributed by atoms with Gasteiger partial charge in [0.15, 0.2) is 0 Å². The predicted octanol–water partition coefficient (Wildman–Crippen LogP) is 8.47. The normalized spacial score (nSPS) is 12.4. The third-order valence-electron chi connectivity index (χ3n) is 6.66. The van der Waals surface area contributed by atoms with Gasteiger partial charge in [0.1, 0.15) is 0 Å². The second kappa shape index (κ2) is 10.1. The average Bonchev–Trinajstić information content (AvgIpc) is 3.56. The van der Waals surface area contributed by atoms with E-state index in [1.54, 1.807) is 0 Å². The molecule has 5 aromatic carbocycles. The Labute approximate surface area is 217 Å². The number of hydrogen-bond donors (Lipinski definition) is 0. The van der Waals surface area contributed by atoms with E-state index in [9.17, 15) is 0 Å². The molecular weight excluding hydrogens is 488 g/mol. The molecule has 0 spiro atoms. The Morgan fingerprint density at radius 1 is 0.794 bits per heavy atom. The van der Waals surface area contributed by atoms with Crippen molar-refractivity contribution in [1.82, 2.24) is 0 Å². The summed E-state index contributed by atoms with van der Waals surface area (Å²) in [5.41, 5.74) is 8.31. The molecule has 0 nitrogen and oxygen atoms in total. The molecule has 0 heterocycles. The zero-order chi connectivity index (χ0) is 23.5. The van der Waals surface area contributed by atoms with E-state index in [0.717, 1.165) is 6.42 Å². The van der Waals surface area contributed by atoms with Gasteiger partial charge in [-0.3, -0.25) is 0 Å². The van der Waals surface area contributed by atoms with Crippen LogP contribution in [0, 0.1) is 13.8 Å². The summed E-state index contributed by atoms with van der Waals surface area (Å²) in [6.07, 6.45) is 7.71. The first-order valence-corrected chi connectivity index (χ1v) is 13.0. The number of fused-ring (bicyclic) bond motifs is 3. The van der Waals surface area contributed by atoms with Crippen LogP contribution >= 0.6 is 0 Å². The van der Waals surface area contributed by atoms with Gasteiger partial charge in [-0.2, -0.15) is 0 Å². The van der Waals surface area contributed by atoms with Crippen LogP contribution in [0.4, 0.5) is 0 Å². The molecule has 6 rings (SSSR count). The fourth-order valence-electron chi connectivity index (χ4n) is 4.73. The minimum absolute atomic E-state index is 1.05. The van der Waals surface area contributed by atoms with Crippen LogP contribution in [-0.4, -0.2) is 3.21 Å². The van der Waals surface area contributed by atoms with E-state index >= 15 is 0 Å². The molecule has 0 N–H and O–H groups in total. The van der Waals surface area contributed by atoms with Crippen LogP contribution in [-0.2, 0) is 24.2 Å². The molecular formula is C33H27Zr-. The molecule has 0 atom stereocenters. The van der Waals surface area contributed by atoms with Crippen LogP contribution in [0.15, 0.2) is 115 Å². The Morgan fingerprint density at radius 3 is 2.03 bits per heavy atom. The molecule has 0 bridgehead atoms. The summed E-state index contributed by atoms with van der Waals surface area (Å²) in [7, 11) is 0. The summed E-state index contributed by atoms with van der Waals surface area (Å²) in [5, 5.41) is 5.58. The first kappa shape index (κ1) is 22.8. The number of rotatable bonds is 3. The van der Waals surface area contributed by atoms with Gasteiger partial charge in [-0.15, -0.1) is 33.7 Å². The van der Waals surface area contributed by atoms with Gasteiger partial charge in [-0.05, 0) is 20.3 Å². The summed E-state index contributed by atoms with van der Waals surface area (Å²) in [4.78, 5) is 0. The van der Waals surface area contributed by atoms with Crippen molar-refractivity contribution < 1.29 is 24.2 Å². The van der Waals surface area contributed by atoms with Crippen molar-refractivity contribution in [2.45, 2.75) is 20.3 Å². The molecule has 34 heavy (non-hydrogen) atoms. The SMILES string of the molecule is Cc1cc(C2=CC=CC2)c2[cH-]c3ccccc3c2c1C.[Zr]=[C](c1ccccc1)c1ccccc1. The first-order valence-electron chi connectivity index (χ1n) is 11.8. The van der Waals surface area contributed by atoms with Gasteiger partial charge >= 0.3 is 99.2 Å². The maximum absolute atomic E-state index is 2.36. The van der Waals surface area contributed by atoms with E-state index in [4.69, 9.17) is 0 Å². The zero-order valence-electron chi connectivity index (χ0n) is 19.7. The third kappa shape index (κ3) is 4.50. The Hall–Kier alpha value is -3.02. The van der Waals surface area contributed by atoms with Crippen molar-refractivity contribution >= 4 is 30.3 Å². The number of allylic oxidation sites excluding steroid dienone is 4. The molecule has 0 unspecified atom stereocenters. The molecule has 0 aliphatic heterocycles. The molecule has 5 aromatic rings. The molecule has 1 heteroatoms. The van der Waals surface area contributed by atoms with Crippen molar-refractivity contribution in [3.8, 4) is 0 Å². The standard InChI is InChI=1S/C20H17.C13H10.Zr/c1-13-11-18(15-7-3-4-8-15)19-12-16-9-5-6-10-17(16)20(19)14(13)2;1-3-7-12(8-4-1)11-13-9-5-2-6-10-13;/h3-7,9-12H,8H2,1-2H3;1-10H;/q-1;;. The Balaban J connectivity index is 0.000000152. The van der Waals surface area contributed by atoms with E-state index in [2.05, 4.69) is 129 Å². The van der Waals surface area contributed by atoms with Gasteiger partial charge in [0.25, 0.3) is 0 Å². The molecule has 0 saturated carbocycles. The number of hydrogen-bond acceptors (Lipinski definition) is 0. The maximum atomic E-state index is 2.36. The van der Waals surface area contributed by atoms with Crippen molar-refractivity contribution in [2.75, 3.05) is 0 Å². The summed E-state index contributed by atoms with van der Waals surface area (Å²) >= 11 is 1.46. The fourth-order valence-corrected chi connectivity index (χ4v) is 5.55. The molecule has 164 valence electrons. The third-order valence-corrected chi connectivity index (χ3v) is 8.08. The quantitative estimate of drug-likeness (QED) is 0.212. The molecule has 1 aliphatic rings. The Morgan fingerprint density at radius 2 is 1.41 bits per heavy atom.